The number of hydrogen-bond acceptors (Lipinski definition) is 3. The summed E-state index contributed by atoms with van der Waals surface area (Å²) in [5.41, 5.74) is 2.41. The molecule has 0 radical (unpaired) electrons. The fraction of sp³-hybridized carbons (Fsp3) is 0.333. The van der Waals surface area contributed by atoms with Gasteiger partial charge in [0.05, 0.1) is 0 Å². The van der Waals surface area contributed by atoms with Gasteiger partial charge < -0.3 is 14.7 Å². The summed E-state index contributed by atoms with van der Waals surface area (Å²) < 4.78 is 5.81. The van der Waals surface area contributed by atoms with E-state index in [-0.39, 0.29) is 19.1 Å². The van der Waals surface area contributed by atoms with Gasteiger partial charge in [0.25, 0.3) is 5.91 Å². The highest BCUT2D eigenvalue weighted by atomic mass is 16.5. The topological polar surface area (TPSA) is 66.8 Å². The van der Waals surface area contributed by atoms with E-state index >= 15 is 0 Å². The van der Waals surface area contributed by atoms with Gasteiger partial charge in [-0.05, 0) is 35.6 Å². The van der Waals surface area contributed by atoms with Crippen LogP contribution in [0.4, 0.5) is 5.69 Å². The van der Waals surface area contributed by atoms with Gasteiger partial charge in [0.2, 0.25) is 0 Å². The maximum absolute atomic E-state index is 12.7. The number of anilines is 1. The summed E-state index contributed by atoms with van der Waals surface area (Å²) in [5, 5.41) is 9.42. The lowest BCUT2D eigenvalue weighted by Crippen LogP contribution is -2.35. The Bertz CT molecular complexity index is 817. The van der Waals surface area contributed by atoms with E-state index in [4.69, 9.17) is 4.74 Å². The van der Waals surface area contributed by atoms with Crippen LogP contribution in [0, 0.1) is 0 Å². The molecule has 5 heteroatoms. The van der Waals surface area contributed by atoms with Gasteiger partial charge in [0.1, 0.15) is 11.7 Å². The number of para-hydroxylation sites is 2. The van der Waals surface area contributed by atoms with E-state index < -0.39 is 11.9 Å². The summed E-state index contributed by atoms with van der Waals surface area (Å²) in [6.45, 7) is 4.26. The molecule has 0 fully saturated rings. The zero-order chi connectivity index (χ0) is 18.7. The molecule has 1 N–H and O–H groups in total. The first-order chi connectivity index (χ1) is 12.5. The number of carbonyl (C=O) groups excluding carboxylic acids is 1. The molecule has 2 unspecified atom stereocenters. The molecular weight excluding hydrogens is 330 g/mol. The minimum absolute atomic E-state index is 0.117. The Morgan fingerprint density at radius 1 is 1.19 bits per heavy atom. The van der Waals surface area contributed by atoms with Crippen molar-refractivity contribution in [1.29, 1.82) is 0 Å². The first kappa shape index (κ1) is 18.0. The van der Waals surface area contributed by atoms with Gasteiger partial charge in [-0.3, -0.25) is 9.59 Å². The Hall–Kier alpha value is -2.82. The van der Waals surface area contributed by atoms with Crippen molar-refractivity contribution in [1.82, 2.24) is 0 Å². The molecule has 0 aromatic heterocycles. The van der Waals surface area contributed by atoms with Crippen LogP contribution < -0.4 is 9.64 Å². The quantitative estimate of drug-likeness (QED) is 0.858. The third-order valence-corrected chi connectivity index (χ3v) is 4.98. The maximum Gasteiger partial charge on any atom is 0.312 e. The van der Waals surface area contributed by atoms with E-state index in [1.807, 2.05) is 30.3 Å². The Kier molecular flexibility index (Phi) is 5.26. The van der Waals surface area contributed by atoms with Crippen molar-refractivity contribution in [3.63, 3.8) is 0 Å². The number of benzene rings is 2. The molecule has 1 aliphatic heterocycles. The summed E-state index contributed by atoms with van der Waals surface area (Å²) >= 11 is 0. The molecule has 0 spiro atoms. The second kappa shape index (κ2) is 7.60. The number of nitrogens with zero attached hydrogens (tertiary/aromatic N) is 1. The second-order valence-electron chi connectivity index (χ2n) is 6.59. The smallest absolute Gasteiger partial charge is 0.312 e. The van der Waals surface area contributed by atoms with Gasteiger partial charge >= 0.3 is 5.97 Å². The Balaban J connectivity index is 1.75. The third-order valence-electron chi connectivity index (χ3n) is 4.98. The monoisotopic (exact) mass is 353 g/mol. The lowest BCUT2D eigenvalue weighted by Gasteiger charge is -2.19. The fourth-order valence-corrected chi connectivity index (χ4v) is 3.31. The van der Waals surface area contributed by atoms with Crippen LogP contribution in [0.3, 0.4) is 0 Å². The molecule has 1 amide bonds. The normalized spacial score (nSPS) is 16.8. The van der Waals surface area contributed by atoms with Gasteiger partial charge in [0.15, 0.2) is 6.61 Å². The van der Waals surface area contributed by atoms with Crippen molar-refractivity contribution in [3.8, 4) is 5.75 Å². The van der Waals surface area contributed by atoms with E-state index in [0.29, 0.717) is 22.9 Å². The molecule has 2 atom stereocenters. The zero-order valence-corrected chi connectivity index (χ0v) is 15.0. The van der Waals surface area contributed by atoms with Crippen LogP contribution in [-0.4, -0.2) is 30.1 Å². The minimum Gasteiger partial charge on any atom is -0.483 e. The SMILES string of the molecule is CCC(C)c1ccccc1OCC(=O)N1CC(C(=O)O)c2ccccc21. The Morgan fingerprint density at radius 2 is 1.88 bits per heavy atom. The van der Waals surface area contributed by atoms with Gasteiger partial charge in [-0.15, -0.1) is 0 Å². The predicted octanol–water partition coefficient (Wildman–Crippen LogP) is 3.79. The number of ether oxygens (including phenoxy) is 1. The van der Waals surface area contributed by atoms with E-state index in [1.54, 1.807) is 18.2 Å². The number of aliphatic carboxylic acids is 1. The van der Waals surface area contributed by atoms with Crippen LogP contribution >= 0.6 is 0 Å². The van der Waals surface area contributed by atoms with E-state index in [1.165, 1.54) is 4.90 Å². The molecule has 0 bridgehead atoms. The number of hydrogen-bond donors (Lipinski definition) is 1. The Morgan fingerprint density at radius 3 is 2.62 bits per heavy atom. The second-order valence-corrected chi connectivity index (χ2v) is 6.59. The first-order valence-corrected chi connectivity index (χ1v) is 8.86. The molecule has 2 aromatic rings. The van der Waals surface area contributed by atoms with Crippen molar-refractivity contribution >= 4 is 17.6 Å². The van der Waals surface area contributed by atoms with Crippen molar-refractivity contribution in [2.75, 3.05) is 18.1 Å². The standard InChI is InChI=1S/C21H23NO4/c1-3-14(2)15-8-5-7-11-19(15)26-13-20(23)22-12-17(21(24)25)16-9-4-6-10-18(16)22/h4-11,14,17H,3,12-13H2,1-2H3,(H,24,25). The van der Waals surface area contributed by atoms with Crippen molar-refractivity contribution < 1.29 is 19.4 Å². The number of amides is 1. The summed E-state index contributed by atoms with van der Waals surface area (Å²) in [5.74, 6) is -0.804. The molecule has 136 valence electrons. The van der Waals surface area contributed by atoms with Crippen molar-refractivity contribution in [3.05, 3.63) is 59.7 Å². The Labute approximate surface area is 153 Å². The van der Waals surface area contributed by atoms with Crippen molar-refractivity contribution in [2.24, 2.45) is 0 Å². The lowest BCUT2D eigenvalue weighted by atomic mass is 9.98. The summed E-state index contributed by atoms with van der Waals surface area (Å²) in [7, 11) is 0. The van der Waals surface area contributed by atoms with Crippen LogP contribution in [0.2, 0.25) is 0 Å². The van der Waals surface area contributed by atoms with Crippen LogP contribution in [0.1, 0.15) is 43.2 Å². The summed E-state index contributed by atoms with van der Waals surface area (Å²) in [4.78, 5) is 25.7. The number of carboxylic acid groups (broad SMARTS) is 1. The van der Waals surface area contributed by atoms with E-state index in [0.717, 1.165) is 12.0 Å². The van der Waals surface area contributed by atoms with Crippen LogP contribution in [0.5, 0.6) is 5.75 Å². The third kappa shape index (κ3) is 3.43. The van der Waals surface area contributed by atoms with Gasteiger partial charge in [0, 0.05) is 12.2 Å². The summed E-state index contributed by atoms with van der Waals surface area (Å²) in [6, 6.07) is 14.9. The highest BCUT2D eigenvalue weighted by Gasteiger charge is 2.36. The molecular formula is C21H23NO4. The number of carboxylic acids is 1. The lowest BCUT2D eigenvalue weighted by molar-refractivity contribution is -0.138. The van der Waals surface area contributed by atoms with Gasteiger partial charge in [-0.2, -0.15) is 0 Å². The molecule has 5 nitrogen and oxygen atoms in total. The van der Waals surface area contributed by atoms with Crippen molar-refractivity contribution in [2.45, 2.75) is 32.1 Å². The fourth-order valence-electron chi connectivity index (χ4n) is 3.31. The highest BCUT2D eigenvalue weighted by Crippen LogP contribution is 2.36. The first-order valence-electron chi connectivity index (χ1n) is 8.86. The molecule has 1 aliphatic rings. The highest BCUT2D eigenvalue weighted by molar-refractivity contribution is 5.99. The molecule has 0 aliphatic carbocycles. The predicted molar refractivity (Wildman–Crippen MR) is 99.8 cm³/mol. The van der Waals surface area contributed by atoms with Crippen LogP contribution in [0.25, 0.3) is 0 Å². The number of carbonyl (C=O) groups is 2. The van der Waals surface area contributed by atoms with E-state index in [9.17, 15) is 14.7 Å². The largest absolute Gasteiger partial charge is 0.483 e. The number of rotatable bonds is 6. The average Bonchev–Trinajstić information content (AvgIpc) is 3.06. The summed E-state index contributed by atoms with van der Waals surface area (Å²) in [6.07, 6.45) is 0.980. The van der Waals surface area contributed by atoms with Crippen LogP contribution in [-0.2, 0) is 9.59 Å². The maximum atomic E-state index is 12.7. The van der Waals surface area contributed by atoms with Crippen LogP contribution in [0.15, 0.2) is 48.5 Å². The average molecular weight is 353 g/mol. The zero-order valence-electron chi connectivity index (χ0n) is 15.0. The molecule has 1 heterocycles. The van der Waals surface area contributed by atoms with Gasteiger partial charge in [-0.25, -0.2) is 0 Å². The minimum atomic E-state index is -0.921. The molecule has 3 rings (SSSR count). The molecule has 2 aromatic carbocycles. The number of fused-ring (bicyclic) bond motifs is 1. The van der Waals surface area contributed by atoms with Gasteiger partial charge in [-0.1, -0.05) is 50.2 Å². The van der Waals surface area contributed by atoms with E-state index in [2.05, 4.69) is 13.8 Å². The molecule has 0 saturated carbocycles. The molecule has 0 saturated heterocycles. The molecule has 26 heavy (non-hydrogen) atoms.